The van der Waals surface area contributed by atoms with Crippen molar-refractivity contribution in [3.05, 3.63) is 0 Å². The van der Waals surface area contributed by atoms with Crippen LogP contribution in [-0.2, 0) is 4.74 Å². The van der Waals surface area contributed by atoms with Gasteiger partial charge in [-0.1, -0.05) is 0 Å². The molecule has 1 aliphatic rings. The van der Waals surface area contributed by atoms with Gasteiger partial charge in [-0.05, 0) is 13.3 Å². The van der Waals surface area contributed by atoms with E-state index >= 15 is 0 Å². The molecular weight excluding hydrogens is 80.0 g/mol. The second kappa shape index (κ2) is 2.16. The van der Waals surface area contributed by atoms with Gasteiger partial charge in [0.05, 0.1) is 6.10 Å². The highest BCUT2D eigenvalue weighted by Crippen LogP contribution is 2.07. The number of hydrogen-bond donors (Lipinski definition) is 0. The molecule has 0 aromatic heterocycles. The summed E-state index contributed by atoms with van der Waals surface area (Å²) in [6.45, 7) is 3.07. The first kappa shape index (κ1) is 5.92. The molecule has 1 unspecified atom stereocenters. The smallest absolute Gasteiger partial charge is 0.0568 e. The minimum Gasteiger partial charge on any atom is -0.412 e. The molecule has 2 N–H and O–H groups in total. The lowest BCUT2D eigenvalue weighted by molar-refractivity contribution is -0.0375. The molecule has 1 saturated heterocycles. The molecule has 1 fully saturated rings. The van der Waals surface area contributed by atoms with Crippen molar-refractivity contribution in [1.82, 2.24) is 0 Å². The molecule has 2 heteroatoms. The Balaban J connectivity index is 0.000000250. The van der Waals surface area contributed by atoms with Crippen molar-refractivity contribution in [1.29, 1.82) is 0 Å². The van der Waals surface area contributed by atoms with Crippen molar-refractivity contribution < 1.29 is 10.2 Å². The standard InChI is InChI=1S/C4H8O.H2O/c1-4-2-3-5-4;/h4H,2-3H2,1H3;1H2. The van der Waals surface area contributed by atoms with Gasteiger partial charge in [-0.15, -0.1) is 0 Å². The lowest BCUT2D eigenvalue weighted by Gasteiger charge is -2.20. The molecule has 1 atom stereocenters. The monoisotopic (exact) mass is 90.1 g/mol. The van der Waals surface area contributed by atoms with Crippen molar-refractivity contribution in [2.24, 2.45) is 0 Å². The fourth-order valence-corrected chi connectivity index (χ4v) is 0.354. The highest BCUT2D eigenvalue weighted by Gasteiger charge is 2.09. The molecule has 2 nitrogen and oxygen atoms in total. The highest BCUT2D eigenvalue weighted by molar-refractivity contribution is 4.57. The van der Waals surface area contributed by atoms with E-state index in [4.69, 9.17) is 4.74 Å². The van der Waals surface area contributed by atoms with E-state index in [0.717, 1.165) is 6.61 Å². The molecule has 0 radical (unpaired) electrons. The van der Waals surface area contributed by atoms with Crippen molar-refractivity contribution in [2.75, 3.05) is 6.61 Å². The molecule has 0 bridgehead atoms. The first-order chi connectivity index (χ1) is 2.39. The van der Waals surface area contributed by atoms with E-state index < -0.39 is 0 Å². The van der Waals surface area contributed by atoms with Crippen LogP contribution in [0, 0.1) is 0 Å². The quantitative estimate of drug-likeness (QED) is 0.411. The molecule has 1 rings (SSSR count). The molecule has 6 heavy (non-hydrogen) atoms. The Hall–Kier alpha value is -0.0800. The molecule has 0 aliphatic carbocycles. The zero-order valence-corrected chi connectivity index (χ0v) is 3.90. The third kappa shape index (κ3) is 0.954. The average molecular weight is 90.1 g/mol. The van der Waals surface area contributed by atoms with Gasteiger partial charge in [-0.3, -0.25) is 0 Å². The fourth-order valence-electron chi connectivity index (χ4n) is 0.354. The molecule has 0 saturated carbocycles. The Kier molecular flexibility index (Phi) is 2.13. The zero-order valence-electron chi connectivity index (χ0n) is 3.90. The summed E-state index contributed by atoms with van der Waals surface area (Å²) in [5, 5.41) is 0. The van der Waals surface area contributed by atoms with E-state index in [1.54, 1.807) is 0 Å². The van der Waals surface area contributed by atoms with Gasteiger partial charge in [0.1, 0.15) is 0 Å². The number of hydrogen-bond acceptors (Lipinski definition) is 1. The SMILES string of the molecule is CC1CCO1.O. The average Bonchev–Trinajstić information content (AvgIpc) is 1.30. The normalized spacial score (nSPS) is 30.5. The van der Waals surface area contributed by atoms with Crippen LogP contribution in [0.4, 0.5) is 0 Å². The van der Waals surface area contributed by atoms with E-state index in [1.807, 2.05) is 0 Å². The summed E-state index contributed by atoms with van der Waals surface area (Å²) in [6.07, 6.45) is 1.83. The van der Waals surface area contributed by atoms with Gasteiger partial charge in [-0.25, -0.2) is 0 Å². The lowest BCUT2D eigenvalue weighted by Crippen LogP contribution is -2.22. The Bertz CT molecular complexity index is 32.5. The van der Waals surface area contributed by atoms with Crippen molar-refractivity contribution in [3.63, 3.8) is 0 Å². The fraction of sp³-hybridized carbons (Fsp3) is 1.00. The molecule has 0 aromatic rings. The number of ether oxygens (including phenoxy) is 1. The third-order valence-electron chi connectivity index (χ3n) is 0.927. The topological polar surface area (TPSA) is 40.7 Å². The first-order valence-corrected chi connectivity index (χ1v) is 2.01. The molecule has 0 amide bonds. The summed E-state index contributed by atoms with van der Waals surface area (Å²) in [5.41, 5.74) is 0. The van der Waals surface area contributed by atoms with Crippen molar-refractivity contribution in [2.45, 2.75) is 19.4 Å². The van der Waals surface area contributed by atoms with E-state index in [0.29, 0.717) is 6.10 Å². The van der Waals surface area contributed by atoms with Crippen molar-refractivity contribution >= 4 is 0 Å². The van der Waals surface area contributed by atoms with Crippen LogP contribution in [0.1, 0.15) is 13.3 Å². The van der Waals surface area contributed by atoms with Gasteiger partial charge in [0.2, 0.25) is 0 Å². The Morgan fingerprint density at radius 1 is 1.67 bits per heavy atom. The van der Waals surface area contributed by atoms with E-state index in [2.05, 4.69) is 6.92 Å². The van der Waals surface area contributed by atoms with Gasteiger partial charge in [0.25, 0.3) is 0 Å². The highest BCUT2D eigenvalue weighted by atomic mass is 16.5. The Morgan fingerprint density at radius 2 is 2.00 bits per heavy atom. The zero-order chi connectivity index (χ0) is 3.70. The Morgan fingerprint density at radius 3 is 2.00 bits per heavy atom. The first-order valence-electron chi connectivity index (χ1n) is 2.01. The van der Waals surface area contributed by atoms with E-state index in [-0.39, 0.29) is 5.48 Å². The third-order valence-corrected chi connectivity index (χ3v) is 0.927. The minimum absolute atomic E-state index is 0. The van der Waals surface area contributed by atoms with Gasteiger partial charge in [0.15, 0.2) is 0 Å². The van der Waals surface area contributed by atoms with Gasteiger partial charge in [-0.2, -0.15) is 0 Å². The van der Waals surface area contributed by atoms with Gasteiger partial charge >= 0.3 is 0 Å². The molecule has 1 heterocycles. The second-order valence-corrected chi connectivity index (χ2v) is 1.47. The summed E-state index contributed by atoms with van der Waals surface area (Å²) >= 11 is 0. The summed E-state index contributed by atoms with van der Waals surface area (Å²) in [6, 6.07) is 0. The summed E-state index contributed by atoms with van der Waals surface area (Å²) < 4.78 is 4.93. The lowest BCUT2D eigenvalue weighted by atomic mass is 10.2. The maximum absolute atomic E-state index is 4.93. The van der Waals surface area contributed by atoms with Crippen LogP contribution in [0.3, 0.4) is 0 Å². The van der Waals surface area contributed by atoms with Gasteiger partial charge in [0, 0.05) is 6.61 Å². The predicted molar refractivity (Wildman–Crippen MR) is 23.6 cm³/mol. The molecule has 1 aliphatic heterocycles. The summed E-state index contributed by atoms with van der Waals surface area (Å²) in [5.74, 6) is 0. The molecule has 0 spiro atoms. The summed E-state index contributed by atoms with van der Waals surface area (Å²) in [7, 11) is 0. The van der Waals surface area contributed by atoms with Crippen molar-refractivity contribution in [3.8, 4) is 0 Å². The minimum atomic E-state index is 0. The van der Waals surface area contributed by atoms with Crippen LogP contribution < -0.4 is 0 Å². The van der Waals surface area contributed by atoms with Crippen LogP contribution in [0.5, 0.6) is 0 Å². The van der Waals surface area contributed by atoms with E-state index in [1.165, 1.54) is 6.42 Å². The van der Waals surface area contributed by atoms with Crippen LogP contribution in [0.2, 0.25) is 0 Å². The number of rotatable bonds is 0. The van der Waals surface area contributed by atoms with Crippen LogP contribution in [0.15, 0.2) is 0 Å². The molecular formula is C4H10O2. The van der Waals surface area contributed by atoms with Gasteiger partial charge < -0.3 is 10.2 Å². The van der Waals surface area contributed by atoms with Crippen LogP contribution >= 0.6 is 0 Å². The van der Waals surface area contributed by atoms with E-state index in [9.17, 15) is 0 Å². The maximum Gasteiger partial charge on any atom is 0.0568 e. The van der Waals surface area contributed by atoms with Crippen LogP contribution in [-0.4, -0.2) is 18.2 Å². The van der Waals surface area contributed by atoms with Crippen LogP contribution in [0.25, 0.3) is 0 Å². The molecule has 0 aromatic carbocycles. The molecule has 38 valence electrons. The predicted octanol–water partition coefficient (Wildman–Crippen LogP) is -0.0295. The maximum atomic E-state index is 4.93. The largest absolute Gasteiger partial charge is 0.412 e. The summed E-state index contributed by atoms with van der Waals surface area (Å²) in [4.78, 5) is 0. The second-order valence-electron chi connectivity index (χ2n) is 1.47. The Labute approximate surface area is 37.4 Å².